The largest absolute Gasteiger partial charge is 0.378 e. The summed E-state index contributed by atoms with van der Waals surface area (Å²) >= 11 is 6.08. The van der Waals surface area contributed by atoms with Gasteiger partial charge < -0.3 is 5.32 Å². The number of fused-ring (bicyclic) bond motifs is 1. The molecule has 1 aliphatic rings. The van der Waals surface area contributed by atoms with Crippen LogP contribution in [0.25, 0.3) is 16.7 Å². The lowest BCUT2D eigenvalue weighted by molar-refractivity contribution is 0.586. The highest BCUT2D eigenvalue weighted by Crippen LogP contribution is 2.35. The van der Waals surface area contributed by atoms with Crippen LogP contribution in [0.3, 0.4) is 0 Å². The topological polar surface area (TPSA) is 12.0 Å². The third kappa shape index (κ3) is 4.74. The molecule has 0 amide bonds. The second kappa shape index (κ2) is 9.63. The van der Waals surface area contributed by atoms with Gasteiger partial charge in [0.2, 0.25) is 0 Å². The van der Waals surface area contributed by atoms with E-state index < -0.39 is 0 Å². The van der Waals surface area contributed by atoms with Crippen LogP contribution < -0.4 is 5.32 Å². The Labute approximate surface area is 197 Å². The highest BCUT2D eigenvalue weighted by atomic mass is 35.5. The summed E-state index contributed by atoms with van der Waals surface area (Å²) in [6.45, 7) is 13.1. The minimum absolute atomic E-state index is 0.0733. The van der Waals surface area contributed by atoms with Crippen molar-refractivity contribution in [3.63, 3.8) is 0 Å². The maximum Gasteiger partial charge on any atom is 0.0721 e. The van der Waals surface area contributed by atoms with Crippen molar-refractivity contribution in [2.24, 2.45) is 5.92 Å². The molecule has 3 aromatic rings. The zero-order valence-electron chi connectivity index (χ0n) is 18.9. The van der Waals surface area contributed by atoms with Crippen molar-refractivity contribution in [1.29, 1.82) is 0 Å². The molecule has 1 aliphatic carbocycles. The van der Waals surface area contributed by atoms with E-state index in [-0.39, 0.29) is 12.0 Å². The molecule has 3 aromatic carbocycles. The SMILES string of the molecule is C=C(NC(C(=C)CC)c1ccccc1)C1C=C(C)c2ccc(-c3ccc(Cl)cc3)cc2C1. The van der Waals surface area contributed by atoms with Gasteiger partial charge in [0.15, 0.2) is 0 Å². The minimum atomic E-state index is 0.0733. The number of benzene rings is 3. The van der Waals surface area contributed by atoms with Crippen molar-refractivity contribution in [1.82, 2.24) is 5.32 Å². The van der Waals surface area contributed by atoms with Gasteiger partial charge >= 0.3 is 0 Å². The molecule has 4 rings (SSSR count). The fourth-order valence-electron chi connectivity index (χ4n) is 4.44. The van der Waals surface area contributed by atoms with Crippen LogP contribution >= 0.6 is 11.6 Å². The first-order chi connectivity index (χ1) is 15.5. The molecule has 0 spiro atoms. The molecule has 0 saturated carbocycles. The van der Waals surface area contributed by atoms with E-state index in [1.54, 1.807) is 0 Å². The molecule has 0 fully saturated rings. The van der Waals surface area contributed by atoms with Crippen LogP contribution in [0.4, 0.5) is 0 Å². The van der Waals surface area contributed by atoms with E-state index in [2.05, 4.69) is 93.0 Å². The van der Waals surface area contributed by atoms with E-state index in [9.17, 15) is 0 Å². The Morgan fingerprint density at radius 3 is 2.38 bits per heavy atom. The molecule has 2 unspecified atom stereocenters. The highest BCUT2D eigenvalue weighted by molar-refractivity contribution is 6.30. The van der Waals surface area contributed by atoms with Crippen LogP contribution in [0.15, 0.2) is 103 Å². The molecule has 0 aromatic heterocycles. The molecule has 0 bridgehead atoms. The van der Waals surface area contributed by atoms with E-state index in [0.29, 0.717) is 0 Å². The van der Waals surface area contributed by atoms with Gasteiger partial charge in [0.25, 0.3) is 0 Å². The summed E-state index contributed by atoms with van der Waals surface area (Å²) in [6.07, 6.45) is 4.20. The normalized spacial score (nSPS) is 16.0. The molecule has 1 N–H and O–H groups in total. The second-order valence-corrected chi connectivity index (χ2v) is 9.00. The Morgan fingerprint density at radius 2 is 1.69 bits per heavy atom. The molecule has 32 heavy (non-hydrogen) atoms. The number of hydrogen-bond acceptors (Lipinski definition) is 1. The molecule has 0 radical (unpaired) electrons. The Hall–Kier alpha value is -3.03. The van der Waals surface area contributed by atoms with Crippen molar-refractivity contribution in [2.45, 2.75) is 32.7 Å². The zero-order chi connectivity index (χ0) is 22.7. The average molecular weight is 440 g/mol. The Bertz CT molecular complexity index is 1160. The van der Waals surface area contributed by atoms with Crippen molar-refractivity contribution >= 4 is 17.2 Å². The van der Waals surface area contributed by atoms with Gasteiger partial charge in [0.1, 0.15) is 0 Å². The standard InChI is InChI=1S/C30H30ClN/c1-5-20(2)30(24-9-7-6-8-10-24)32-22(4)26-17-21(3)29-16-13-25(18-27(29)19-26)23-11-14-28(31)15-12-23/h6-18,26,30,32H,2,4-5,19H2,1,3H3. The predicted octanol–water partition coefficient (Wildman–Crippen LogP) is 8.39. The maximum absolute atomic E-state index is 6.08. The van der Waals surface area contributed by atoms with Gasteiger partial charge in [-0.3, -0.25) is 0 Å². The van der Waals surface area contributed by atoms with Crippen LogP contribution in [0.2, 0.25) is 5.02 Å². The van der Waals surface area contributed by atoms with Crippen molar-refractivity contribution in [2.75, 3.05) is 0 Å². The lowest BCUT2D eigenvalue weighted by atomic mass is 9.82. The van der Waals surface area contributed by atoms with Crippen molar-refractivity contribution in [3.8, 4) is 11.1 Å². The van der Waals surface area contributed by atoms with E-state index in [1.165, 1.54) is 39.0 Å². The summed E-state index contributed by atoms with van der Waals surface area (Å²) in [6, 6.07) is 25.4. The monoisotopic (exact) mass is 439 g/mol. The molecular weight excluding hydrogens is 410 g/mol. The van der Waals surface area contributed by atoms with E-state index in [4.69, 9.17) is 11.6 Å². The van der Waals surface area contributed by atoms with Gasteiger partial charge in [-0.2, -0.15) is 0 Å². The fraction of sp³-hybridized carbons (Fsp3) is 0.200. The van der Waals surface area contributed by atoms with Crippen molar-refractivity contribution in [3.05, 3.63) is 125 Å². The Kier molecular flexibility index (Phi) is 6.67. The number of allylic oxidation sites excluding steroid dienone is 2. The Morgan fingerprint density at radius 1 is 1.00 bits per heavy atom. The summed E-state index contributed by atoms with van der Waals surface area (Å²) in [5, 5.41) is 4.46. The van der Waals surface area contributed by atoms with Crippen LogP contribution in [-0.4, -0.2) is 0 Å². The first kappa shape index (κ1) is 22.2. The lowest BCUT2D eigenvalue weighted by Crippen LogP contribution is -2.27. The van der Waals surface area contributed by atoms with Gasteiger partial charge in [0.05, 0.1) is 6.04 Å². The van der Waals surface area contributed by atoms with Gasteiger partial charge in [-0.15, -0.1) is 0 Å². The van der Waals surface area contributed by atoms with Gasteiger partial charge in [-0.25, -0.2) is 0 Å². The maximum atomic E-state index is 6.08. The van der Waals surface area contributed by atoms with Gasteiger partial charge in [-0.05, 0) is 65.3 Å². The highest BCUT2D eigenvalue weighted by Gasteiger charge is 2.23. The predicted molar refractivity (Wildman–Crippen MR) is 139 cm³/mol. The lowest BCUT2D eigenvalue weighted by Gasteiger charge is -2.30. The molecule has 1 nitrogen and oxygen atoms in total. The number of nitrogens with one attached hydrogen (secondary N) is 1. The average Bonchev–Trinajstić information content (AvgIpc) is 2.82. The smallest absolute Gasteiger partial charge is 0.0721 e. The first-order valence-corrected chi connectivity index (χ1v) is 11.6. The van der Waals surface area contributed by atoms with Crippen molar-refractivity contribution < 1.29 is 0 Å². The summed E-state index contributed by atoms with van der Waals surface area (Å²) in [7, 11) is 0. The number of halogens is 1. The summed E-state index contributed by atoms with van der Waals surface area (Å²) < 4.78 is 0. The summed E-state index contributed by atoms with van der Waals surface area (Å²) in [4.78, 5) is 0. The quantitative estimate of drug-likeness (QED) is 0.364. The van der Waals surface area contributed by atoms with Crippen LogP contribution in [0.1, 0.15) is 43.0 Å². The molecule has 0 heterocycles. The Balaban J connectivity index is 1.58. The number of rotatable bonds is 7. The first-order valence-electron chi connectivity index (χ1n) is 11.2. The summed E-state index contributed by atoms with van der Waals surface area (Å²) in [5.74, 6) is 0.235. The van der Waals surface area contributed by atoms with E-state index >= 15 is 0 Å². The second-order valence-electron chi connectivity index (χ2n) is 8.56. The molecule has 0 aliphatic heterocycles. The minimum Gasteiger partial charge on any atom is -0.378 e. The molecule has 2 atom stereocenters. The van der Waals surface area contributed by atoms with Crippen LogP contribution in [-0.2, 0) is 6.42 Å². The molecule has 0 saturated heterocycles. The summed E-state index contributed by atoms with van der Waals surface area (Å²) in [5.41, 5.74) is 9.81. The van der Waals surface area contributed by atoms with Crippen LogP contribution in [0.5, 0.6) is 0 Å². The molecule has 2 heteroatoms. The fourth-order valence-corrected chi connectivity index (χ4v) is 4.57. The molecular formula is C30H30ClN. The van der Waals surface area contributed by atoms with Crippen LogP contribution in [0, 0.1) is 5.92 Å². The number of hydrogen-bond donors (Lipinski definition) is 1. The zero-order valence-corrected chi connectivity index (χ0v) is 19.6. The van der Waals surface area contributed by atoms with Gasteiger partial charge in [0, 0.05) is 16.6 Å². The third-order valence-electron chi connectivity index (χ3n) is 6.37. The molecule has 162 valence electrons. The van der Waals surface area contributed by atoms with Gasteiger partial charge in [-0.1, -0.05) is 104 Å². The van der Waals surface area contributed by atoms with E-state index in [0.717, 1.165) is 23.6 Å². The van der Waals surface area contributed by atoms with E-state index in [1.807, 2.05) is 18.2 Å². The third-order valence-corrected chi connectivity index (χ3v) is 6.62.